The van der Waals surface area contributed by atoms with Gasteiger partial charge >= 0.3 is 0 Å². The van der Waals surface area contributed by atoms with Crippen molar-refractivity contribution in [2.45, 2.75) is 17.8 Å². The maximum Gasteiger partial charge on any atom is 0.263 e. The second-order valence-electron chi connectivity index (χ2n) is 4.48. The van der Waals surface area contributed by atoms with Gasteiger partial charge in [-0.3, -0.25) is 0 Å². The predicted octanol–water partition coefficient (Wildman–Crippen LogP) is 2.18. The summed E-state index contributed by atoms with van der Waals surface area (Å²) >= 11 is 0. The van der Waals surface area contributed by atoms with Crippen molar-refractivity contribution in [1.29, 1.82) is 0 Å². The first-order chi connectivity index (χ1) is 7.19. The zero-order chi connectivity index (χ0) is 10.5. The van der Waals surface area contributed by atoms with E-state index in [1.165, 1.54) is 0 Å². The van der Waals surface area contributed by atoms with Gasteiger partial charge in [-0.1, -0.05) is 30.3 Å². The van der Waals surface area contributed by atoms with Crippen LogP contribution in [0.15, 0.2) is 30.3 Å². The van der Waals surface area contributed by atoms with E-state index in [4.69, 9.17) is 0 Å². The average Bonchev–Trinajstić information content (AvgIpc) is 2.80. The zero-order valence-corrected chi connectivity index (χ0v) is 8.34. The van der Waals surface area contributed by atoms with Crippen molar-refractivity contribution >= 4 is 0 Å². The summed E-state index contributed by atoms with van der Waals surface area (Å²) in [4.78, 5) is 0. The van der Waals surface area contributed by atoms with Gasteiger partial charge < -0.3 is 5.32 Å². The molecule has 2 fully saturated rings. The lowest BCUT2D eigenvalue weighted by atomic mass is 9.90. The lowest BCUT2D eigenvalue weighted by Gasteiger charge is -2.21. The third-order valence-corrected chi connectivity index (χ3v) is 3.85. The molecule has 80 valence electrons. The van der Waals surface area contributed by atoms with Crippen molar-refractivity contribution in [3.05, 3.63) is 35.9 Å². The molecular formula is C12H13F2N. The molecule has 0 amide bonds. The summed E-state index contributed by atoms with van der Waals surface area (Å²) in [5, 5.41) is 3.09. The highest BCUT2D eigenvalue weighted by Gasteiger charge is 2.80. The Morgan fingerprint density at radius 1 is 1.20 bits per heavy atom. The van der Waals surface area contributed by atoms with Gasteiger partial charge in [0.2, 0.25) is 0 Å². The van der Waals surface area contributed by atoms with E-state index in [9.17, 15) is 8.78 Å². The molecule has 0 aromatic heterocycles. The Hall–Kier alpha value is -0.960. The van der Waals surface area contributed by atoms with Crippen molar-refractivity contribution in [1.82, 2.24) is 5.32 Å². The van der Waals surface area contributed by atoms with Gasteiger partial charge in [-0.2, -0.15) is 0 Å². The highest BCUT2D eigenvalue weighted by molar-refractivity contribution is 5.42. The van der Waals surface area contributed by atoms with E-state index in [0.717, 1.165) is 12.1 Å². The van der Waals surface area contributed by atoms with Crippen LogP contribution in [0.1, 0.15) is 12.0 Å². The second kappa shape index (κ2) is 2.79. The number of nitrogens with one attached hydrogen (secondary N) is 1. The number of alkyl halides is 2. The lowest BCUT2D eigenvalue weighted by Crippen LogP contribution is -2.35. The fourth-order valence-electron chi connectivity index (χ4n) is 2.96. The Morgan fingerprint density at radius 2 is 1.93 bits per heavy atom. The van der Waals surface area contributed by atoms with E-state index in [2.05, 4.69) is 5.32 Å². The van der Waals surface area contributed by atoms with E-state index in [1.807, 2.05) is 30.3 Å². The Bertz CT molecular complexity index is 376. The number of piperidine rings is 1. The van der Waals surface area contributed by atoms with Crippen LogP contribution in [0.2, 0.25) is 0 Å². The summed E-state index contributed by atoms with van der Waals surface area (Å²) in [5.41, 5.74) is -0.126. The highest BCUT2D eigenvalue weighted by Crippen LogP contribution is 2.68. The number of hydrogen-bond donors (Lipinski definition) is 1. The van der Waals surface area contributed by atoms with Gasteiger partial charge in [-0.15, -0.1) is 0 Å². The smallest absolute Gasteiger partial charge is 0.263 e. The summed E-state index contributed by atoms with van der Waals surface area (Å²) in [5.74, 6) is -2.97. The van der Waals surface area contributed by atoms with Crippen molar-refractivity contribution < 1.29 is 8.78 Å². The number of rotatable bonds is 1. The van der Waals surface area contributed by atoms with Gasteiger partial charge in [-0.25, -0.2) is 8.78 Å². The normalized spacial score (nSPS) is 37.1. The maximum absolute atomic E-state index is 13.8. The average molecular weight is 209 g/mol. The highest BCUT2D eigenvalue weighted by atomic mass is 19.3. The topological polar surface area (TPSA) is 12.0 Å². The van der Waals surface area contributed by atoms with Crippen LogP contribution in [-0.2, 0) is 5.41 Å². The fraction of sp³-hybridized carbons (Fsp3) is 0.500. The van der Waals surface area contributed by atoms with Crippen LogP contribution >= 0.6 is 0 Å². The molecule has 1 saturated heterocycles. The first kappa shape index (κ1) is 9.28. The summed E-state index contributed by atoms with van der Waals surface area (Å²) in [6, 6.07) is 9.18. The van der Waals surface area contributed by atoms with Crippen molar-refractivity contribution in [2.24, 2.45) is 5.92 Å². The van der Waals surface area contributed by atoms with Crippen molar-refractivity contribution in [3.8, 4) is 0 Å². The largest absolute Gasteiger partial charge is 0.316 e. The molecule has 2 aliphatic rings. The molecule has 1 aliphatic heterocycles. The third kappa shape index (κ3) is 0.991. The Labute approximate surface area is 87.5 Å². The van der Waals surface area contributed by atoms with Gasteiger partial charge in [0.15, 0.2) is 0 Å². The molecule has 1 aliphatic carbocycles. The van der Waals surface area contributed by atoms with E-state index >= 15 is 0 Å². The van der Waals surface area contributed by atoms with Crippen molar-refractivity contribution in [3.63, 3.8) is 0 Å². The molecule has 3 heteroatoms. The fourth-order valence-corrected chi connectivity index (χ4v) is 2.96. The Morgan fingerprint density at radius 3 is 2.60 bits per heavy atom. The van der Waals surface area contributed by atoms with E-state index in [1.54, 1.807) is 0 Å². The van der Waals surface area contributed by atoms with Gasteiger partial charge in [0.25, 0.3) is 5.92 Å². The number of halogens is 2. The zero-order valence-electron chi connectivity index (χ0n) is 8.34. The first-order valence-electron chi connectivity index (χ1n) is 5.33. The van der Waals surface area contributed by atoms with Crippen LogP contribution in [0.4, 0.5) is 8.78 Å². The molecule has 0 spiro atoms. The molecule has 3 rings (SSSR count). The molecule has 0 unspecified atom stereocenters. The van der Waals surface area contributed by atoms with Crippen LogP contribution in [0.3, 0.4) is 0 Å². The predicted molar refractivity (Wildman–Crippen MR) is 54.0 cm³/mol. The molecule has 2 atom stereocenters. The maximum atomic E-state index is 13.8. The Balaban J connectivity index is 2.04. The van der Waals surface area contributed by atoms with Gasteiger partial charge in [0.05, 0.1) is 5.41 Å². The number of hydrogen-bond acceptors (Lipinski definition) is 1. The van der Waals surface area contributed by atoms with Gasteiger partial charge in [0, 0.05) is 12.5 Å². The first-order valence-corrected chi connectivity index (χ1v) is 5.33. The van der Waals surface area contributed by atoms with Crippen molar-refractivity contribution in [2.75, 3.05) is 13.1 Å². The molecular weight excluding hydrogens is 196 g/mol. The quantitative estimate of drug-likeness (QED) is 0.747. The molecule has 1 saturated carbocycles. The minimum absolute atomic E-state index is 0.411. The van der Waals surface area contributed by atoms with Crippen LogP contribution in [0.25, 0.3) is 0 Å². The number of benzene rings is 1. The molecule has 1 N–H and O–H groups in total. The van der Waals surface area contributed by atoms with Crippen LogP contribution in [0, 0.1) is 5.92 Å². The molecule has 15 heavy (non-hydrogen) atoms. The minimum atomic E-state index is -2.52. The van der Waals surface area contributed by atoms with E-state index in [0.29, 0.717) is 13.0 Å². The van der Waals surface area contributed by atoms with Crippen LogP contribution in [0.5, 0.6) is 0 Å². The molecule has 1 nitrogen and oxygen atoms in total. The van der Waals surface area contributed by atoms with E-state index < -0.39 is 17.3 Å². The molecule has 1 aromatic carbocycles. The number of fused-ring (bicyclic) bond motifs is 1. The Kier molecular flexibility index (Phi) is 1.72. The monoisotopic (exact) mass is 209 g/mol. The standard InChI is InChI=1S/C12H13F2N/c13-12(14)10-6-7-15-8-11(10,12)9-4-2-1-3-5-9/h1-5,10,15H,6-8H2/t10-,11-/m0/s1. The SMILES string of the molecule is FC1(F)[C@H]2CCNC[C@]21c1ccccc1. The molecule has 1 aromatic rings. The van der Waals surface area contributed by atoms with Gasteiger partial charge in [0.1, 0.15) is 0 Å². The van der Waals surface area contributed by atoms with Crippen LogP contribution < -0.4 is 5.32 Å². The van der Waals surface area contributed by atoms with E-state index in [-0.39, 0.29) is 0 Å². The van der Waals surface area contributed by atoms with Gasteiger partial charge in [-0.05, 0) is 18.5 Å². The third-order valence-electron chi connectivity index (χ3n) is 3.85. The summed E-state index contributed by atoms with van der Waals surface area (Å²) in [6.45, 7) is 1.13. The lowest BCUT2D eigenvalue weighted by molar-refractivity contribution is 0.0787. The minimum Gasteiger partial charge on any atom is -0.316 e. The second-order valence-corrected chi connectivity index (χ2v) is 4.48. The molecule has 0 radical (unpaired) electrons. The molecule has 0 bridgehead atoms. The summed E-state index contributed by atoms with van der Waals surface area (Å²) in [6.07, 6.45) is 0.585. The van der Waals surface area contributed by atoms with Crippen LogP contribution in [-0.4, -0.2) is 19.0 Å². The summed E-state index contributed by atoms with van der Waals surface area (Å²) in [7, 11) is 0. The summed E-state index contributed by atoms with van der Waals surface area (Å²) < 4.78 is 27.6. The molecule has 1 heterocycles.